The van der Waals surface area contributed by atoms with E-state index < -0.39 is 0 Å². The van der Waals surface area contributed by atoms with E-state index >= 15 is 0 Å². The molecular weight excluding hydrogens is 215 g/mol. The van der Waals surface area contributed by atoms with E-state index in [9.17, 15) is 4.39 Å². The number of halogens is 1. The summed E-state index contributed by atoms with van der Waals surface area (Å²) in [6.45, 7) is 10.7. The molecular formula is C14H21FN2. The number of hydrogen-bond acceptors (Lipinski definition) is 2. The molecule has 0 saturated carbocycles. The summed E-state index contributed by atoms with van der Waals surface area (Å²) in [4.78, 5) is 2.34. The van der Waals surface area contributed by atoms with Crippen LogP contribution in [0.4, 0.5) is 15.8 Å². The summed E-state index contributed by atoms with van der Waals surface area (Å²) in [6, 6.07) is 5.41. The zero-order chi connectivity index (χ0) is 12.6. The van der Waals surface area contributed by atoms with Gasteiger partial charge in [-0.1, -0.05) is 13.8 Å². The third-order valence-corrected chi connectivity index (χ3v) is 3.25. The van der Waals surface area contributed by atoms with Crippen LogP contribution in [0, 0.1) is 11.2 Å². The molecule has 1 aromatic rings. The average molecular weight is 236 g/mol. The minimum absolute atomic E-state index is 0.180. The zero-order valence-electron chi connectivity index (χ0n) is 11.0. The van der Waals surface area contributed by atoms with Gasteiger partial charge in [0.05, 0.1) is 11.4 Å². The van der Waals surface area contributed by atoms with Gasteiger partial charge in [-0.3, -0.25) is 0 Å². The standard InChI is InChI=1S/C14H21FN2/c1-10(2)17-9-14(3,4)8-16-12-7-11(15)5-6-13(12)17/h5-7,10,16H,8-9H2,1-4H3. The van der Waals surface area contributed by atoms with Gasteiger partial charge in [0.15, 0.2) is 0 Å². The highest BCUT2D eigenvalue weighted by atomic mass is 19.1. The highest BCUT2D eigenvalue weighted by Gasteiger charge is 2.28. The Bertz CT molecular complexity index is 413. The van der Waals surface area contributed by atoms with E-state index in [-0.39, 0.29) is 11.2 Å². The Morgan fingerprint density at radius 2 is 2.06 bits per heavy atom. The predicted molar refractivity (Wildman–Crippen MR) is 71.2 cm³/mol. The van der Waals surface area contributed by atoms with Gasteiger partial charge in [-0.25, -0.2) is 4.39 Å². The van der Waals surface area contributed by atoms with Crippen molar-refractivity contribution in [2.75, 3.05) is 23.3 Å². The van der Waals surface area contributed by atoms with E-state index in [1.807, 2.05) is 6.07 Å². The smallest absolute Gasteiger partial charge is 0.125 e. The lowest BCUT2D eigenvalue weighted by molar-refractivity contribution is 0.385. The molecule has 2 rings (SSSR count). The Kier molecular flexibility index (Phi) is 3.02. The molecule has 2 nitrogen and oxygen atoms in total. The highest BCUT2D eigenvalue weighted by molar-refractivity contribution is 5.71. The summed E-state index contributed by atoms with van der Waals surface area (Å²) >= 11 is 0. The first-order chi connectivity index (χ1) is 7.89. The molecule has 0 aromatic heterocycles. The number of rotatable bonds is 1. The van der Waals surface area contributed by atoms with Crippen molar-refractivity contribution in [2.45, 2.75) is 33.7 Å². The van der Waals surface area contributed by atoms with E-state index in [1.165, 1.54) is 6.07 Å². The fraction of sp³-hybridized carbons (Fsp3) is 0.571. The molecule has 94 valence electrons. The minimum atomic E-state index is -0.181. The number of fused-ring (bicyclic) bond motifs is 1. The summed E-state index contributed by atoms with van der Waals surface area (Å²) in [5.74, 6) is -0.181. The van der Waals surface area contributed by atoms with Crippen LogP contribution in [0.1, 0.15) is 27.7 Å². The first-order valence-corrected chi connectivity index (χ1v) is 6.19. The van der Waals surface area contributed by atoms with Gasteiger partial charge < -0.3 is 10.2 Å². The van der Waals surface area contributed by atoms with Crippen LogP contribution in [-0.4, -0.2) is 19.1 Å². The maximum absolute atomic E-state index is 13.3. The maximum atomic E-state index is 13.3. The molecule has 0 atom stereocenters. The number of nitrogens with zero attached hydrogens (tertiary/aromatic N) is 1. The molecule has 17 heavy (non-hydrogen) atoms. The quantitative estimate of drug-likeness (QED) is 0.803. The van der Waals surface area contributed by atoms with Crippen LogP contribution < -0.4 is 10.2 Å². The lowest BCUT2D eigenvalue weighted by atomic mass is 9.92. The average Bonchev–Trinajstić information content (AvgIpc) is 2.36. The summed E-state index contributed by atoms with van der Waals surface area (Å²) in [5.41, 5.74) is 2.19. The lowest BCUT2D eigenvalue weighted by Gasteiger charge is -2.34. The number of hydrogen-bond donors (Lipinski definition) is 1. The van der Waals surface area contributed by atoms with Gasteiger partial charge in [0.1, 0.15) is 5.82 Å². The van der Waals surface area contributed by atoms with Gasteiger partial charge in [0.25, 0.3) is 0 Å². The number of nitrogens with one attached hydrogen (secondary N) is 1. The summed E-state index contributed by atoms with van der Waals surface area (Å²) in [7, 11) is 0. The van der Waals surface area contributed by atoms with E-state index in [0.717, 1.165) is 24.5 Å². The third-order valence-electron chi connectivity index (χ3n) is 3.25. The van der Waals surface area contributed by atoms with E-state index in [0.29, 0.717) is 6.04 Å². The van der Waals surface area contributed by atoms with Gasteiger partial charge in [-0.05, 0) is 37.5 Å². The molecule has 0 fully saturated rings. The fourth-order valence-corrected chi connectivity index (χ4v) is 2.30. The molecule has 1 N–H and O–H groups in total. The van der Waals surface area contributed by atoms with Crippen LogP contribution in [0.25, 0.3) is 0 Å². The van der Waals surface area contributed by atoms with Crippen molar-refractivity contribution in [3.8, 4) is 0 Å². The van der Waals surface area contributed by atoms with Gasteiger partial charge in [0, 0.05) is 19.1 Å². The summed E-state index contributed by atoms with van der Waals surface area (Å²) in [5, 5.41) is 3.36. The summed E-state index contributed by atoms with van der Waals surface area (Å²) in [6.07, 6.45) is 0. The van der Waals surface area contributed by atoms with Gasteiger partial charge in [0.2, 0.25) is 0 Å². The molecule has 0 spiro atoms. The first-order valence-electron chi connectivity index (χ1n) is 6.19. The van der Waals surface area contributed by atoms with Crippen LogP contribution >= 0.6 is 0 Å². The topological polar surface area (TPSA) is 15.3 Å². The molecule has 0 aliphatic carbocycles. The van der Waals surface area contributed by atoms with Gasteiger partial charge in [-0.2, -0.15) is 0 Å². The minimum Gasteiger partial charge on any atom is -0.383 e. The normalized spacial score (nSPS) is 18.6. The molecule has 1 aromatic carbocycles. The Hall–Kier alpha value is -1.25. The predicted octanol–water partition coefficient (Wildman–Crippen LogP) is 3.49. The Balaban J connectivity index is 2.44. The second-order valence-corrected chi connectivity index (χ2v) is 5.90. The van der Waals surface area contributed by atoms with E-state index in [1.54, 1.807) is 6.07 Å². The van der Waals surface area contributed by atoms with Crippen LogP contribution in [0.3, 0.4) is 0 Å². The molecule has 1 heterocycles. The second kappa shape index (κ2) is 4.21. The lowest BCUT2D eigenvalue weighted by Crippen LogP contribution is -2.39. The molecule has 0 amide bonds. The van der Waals surface area contributed by atoms with Crippen molar-refractivity contribution in [3.63, 3.8) is 0 Å². The summed E-state index contributed by atoms with van der Waals surface area (Å²) < 4.78 is 13.3. The van der Waals surface area contributed by atoms with Crippen molar-refractivity contribution < 1.29 is 4.39 Å². The van der Waals surface area contributed by atoms with Crippen molar-refractivity contribution in [3.05, 3.63) is 24.0 Å². The van der Waals surface area contributed by atoms with Crippen molar-refractivity contribution in [1.82, 2.24) is 0 Å². The molecule has 1 aliphatic rings. The van der Waals surface area contributed by atoms with Crippen molar-refractivity contribution in [1.29, 1.82) is 0 Å². The first kappa shape index (κ1) is 12.2. The Labute approximate surface area is 103 Å². The van der Waals surface area contributed by atoms with E-state index in [4.69, 9.17) is 0 Å². The largest absolute Gasteiger partial charge is 0.383 e. The zero-order valence-corrected chi connectivity index (χ0v) is 11.0. The van der Waals surface area contributed by atoms with Crippen molar-refractivity contribution in [2.24, 2.45) is 5.41 Å². The molecule has 0 bridgehead atoms. The second-order valence-electron chi connectivity index (χ2n) is 5.90. The van der Waals surface area contributed by atoms with E-state index in [2.05, 4.69) is 37.9 Å². The molecule has 1 aliphatic heterocycles. The highest BCUT2D eigenvalue weighted by Crippen LogP contribution is 2.35. The monoisotopic (exact) mass is 236 g/mol. The molecule has 0 unspecified atom stereocenters. The van der Waals surface area contributed by atoms with Gasteiger partial charge in [-0.15, -0.1) is 0 Å². The molecule has 0 saturated heterocycles. The SMILES string of the molecule is CC(C)N1CC(C)(C)CNc2cc(F)ccc21. The van der Waals surface area contributed by atoms with Crippen LogP contribution in [0.5, 0.6) is 0 Å². The molecule has 0 radical (unpaired) electrons. The van der Waals surface area contributed by atoms with Crippen LogP contribution in [0.15, 0.2) is 18.2 Å². The van der Waals surface area contributed by atoms with Crippen LogP contribution in [-0.2, 0) is 0 Å². The fourth-order valence-electron chi connectivity index (χ4n) is 2.30. The third kappa shape index (κ3) is 2.54. The number of benzene rings is 1. The maximum Gasteiger partial charge on any atom is 0.125 e. The van der Waals surface area contributed by atoms with Crippen molar-refractivity contribution >= 4 is 11.4 Å². The van der Waals surface area contributed by atoms with Gasteiger partial charge >= 0.3 is 0 Å². The Morgan fingerprint density at radius 1 is 1.35 bits per heavy atom. The Morgan fingerprint density at radius 3 is 2.71 bits per heavy atom. The number of anilines is 2. The van der Waals surface area contributed by atoms with Crippen LogP contribution in [0.2, 0.25) is 0 Å². The molecule has 3 heteroatoms.